The van der Waals surface area contributed by atoms with Crippen LogP contribution in [-0.2, 0) is 4.74 Å². The summed E-state index contributed by atoms with van der Waals surface area (Å²) >= 11 is 0. The molecule has 0 unspecified atom stereocenters. The number of hydrogen-bond acceptors (Lipinski definition) is 5. The minimum Gasteiger partial charge on any atom is -0.465 e. The lowest BCUT2D eigenvalue weighted by Crippen LogP contribution is -2.15. The Bertz CT molecular complexity index is 546. The molecule has 0 amide bonds. The Morgan fingerprint density at radius 2 is 1.80 bits per heavy atom. The third-order valence-electron chi connectivity index (χ3n) is 3.73. The first-order valence-electron chi connectivity index (χ1n) is 6.48. The van der Waals surface area contributed by atoms with Gasteiger partial charge in [-0.05, 0) is 49.8 Å². The van der Waals surface area contributed by atoms with Crippen molar-refractivity contribution in [1.82, 2.24) is 0 Å². The first-order valence-corrected chi connectivity index (χ1v) is 6.48. The number of ether oxygens (including phenoxy) is 1. The van der Waals surface area contributed by atoms with Gasteiger partial charge in [-0.15, -0.1) is 0 Å². The first-order chi connectivity index (χ1) is 9.54. The van der Waals surface area contributed by atoms with Gasteiger partial charge >= 0.3 is 5.97 Å². The minimum atomic E-state index is -0.379. The average molecular weight is 274 g/mol. The zero-order valence-corrected chi connectivity index (χ0v) is 12.0. The molecule has 5 heteroatoms. The van der Waals surface area contributed by atoms with Crippen LogP contribution in [0.2, 0.25) is 0 Å². The number of ketones is 1. The van der Waals surface area contributed by atoms with E-state index in [1.807, 2.05) is 13.0 Å². The SMILES string of the molecule is COC(=O)c1cc(C(C)=O)c(C2CCC2)cc1C.N#N. The number of carbonyl (C=O) groups excluding carboxylic acids is 2. The van der Waals surface area contributed by atoms with Gasteiger partial charge in [0.1, 0.15) is 0 Å². The molecule has 0 bridgehead atoms. The van der Waals surface area contributed by atoms with Crippen LogP contribution in [0.5, 0.6) is 0 Å². The number of esters is 1. The molecule has 2 rings (SSSR count). The molecule has 20 heavy (non-hydrogen) atoms. The number of Topliss-reactive ketones (excluding diaryl/α,β-unsaturated/α-hetero) is 1. The van der Waals surface area contributed by atoms with Crippen molar-refractivity contribution in [3.05, 3.63) is 34.4 Å². The normalized spacial score (nSPS) is 13.7. The van der Waals surface area contributed by atoms with E-state index in [0.717, 1.165) is 24.0 Å². The number of benzene rings is 1. The molecule has 0 heterocycles. The molecule has 5 nitrogen and oxygen atoms in total. The standard InChI is InChI=1S/C15H18O3.N2/c1-9-7-14(11-5-4-6-11)13(10(2)16)8-12(9)15(17)18-3;1-2/h7-8,11H,4-6H2,1-3H3;. The van der Waals surface area contributed by atoms with Gasteiger partial charge in [0, 0.05) is 16.3 Å². The van der Waals surface area contributed by atoms with Crippen molar-refractivity contribution in [1.29, 1.82) is 10.8 Å². The highest BCUT2D eigenvalue weighted by molar-refractivity contribution is 6.00. The highest BCUT2D eigenvalue weighted by atomic mass is 16.5. The van der Waals surface area contributed by atoms with Crippen LogP contribution in [0.4, 0.5) is 0 Å². The Morgan fingerprint density at radius 3 is 2.20 bits per heavy atom. The van der Waals surface area contributed by atoms with Gasteiger partial charge in [-0.25, -0.2) is 4.79 Å². The van der Waals surface area contributed by atoms with Crippen LogP contribution in [0.1, 0.15) is 63.9 Å². The van der Waals surface area contributed by atoms with Crippen molar-refractivity contribution in [3.63, 3.8) is 0 Å². The van der Waals surface area contributed by atoms with E-state index in [-0.39, 0.29) is 11.8 Å². The molecule has 1 aliphatic carbocycles. The topological polar surface area (TPSA) is 90.9 Å². The Balaban J connectivity index is 0.000000956. The second-order valence-electron chi connectivity index (χ2n) is 4.93. The number of rotatable bonds is 3. The van der Waals surface area contributed by atoms with Gasteiger partial charge in [0.15, 0.2) is 5.78 Å². The maximum absolute atomic E-state index is 11.7. The van der Waals surface area contributed by atoms with Crippen LogP contribution in [0.3, 0.4) is 0 Å². The molecule has 1 aromatic carbocycles. The van der Waals surface area contributed by atoms with Crippen LogP contribution in [0.25, 0.3) is 0 Å². The van der Waals surface area contributed by atoms with Crippen molar-refractivity contribution < 1.29 is 14.3 Å². The molecule has 0 aliphatic heterocycles. The Morgan fingerprint density at radius 1 is 1.20 bits per heavy atom. The molecule has 1 aliphatic rings. The molecular formula is C15H18N2O3. The lowest BCUT2D eigenvalue weighted by molar-refractivity contribution is 0.0600. The van der Waals surface area contributed by atoms with Crippen molar-refractivity contribution in [2.75, 3.05) is 7.11 Å². The van der Waals surface area contributed by atoms with Crippen molar-refractivity contribution >= 4 is 11.8 Å². The maximum atomic E-state index is 11.7. The van der Waals surface area contributed by atoms with Gasteiger partial charge in [0.25, 0.3) is 0 Å². The number of nitrogens with zero attached hydrogens (tertiary/aromatic N) is 2. The number of carbonyl (C=O) groups is 2. The average Bonchev–Trinajstić information content (AvgIpc) is 2.38. The van der Waals surface area contributed by atoms with E-state index in [2.05, 4.69) is 0 Å². The smallest absolute Gasteiger partial charge is 0.338 e. The lowest BCUT2D eigenvalue weighted by atomic mass is 9.76. The highest BCUT2D eigenvalue weighted by Gasteiger charge is 2.25. The van der Waals surface area contributed by atoms with Crippen molar-refractivity contribution in [2.24, 2.45) is 0 Å². The molecule has 1 aromatic rings. The molecule has 0 aromatic heterocycles. The van der Waals surface area contributed by atoms with Gasteiger partial charge in [-0.3, -0.25) is 4.79 Å². The zero-order valence-electron chi connectivity index (χ0n) is 12.0. The Kier molecular flexibility index (Phi) is 5.39. The lowest BCUT2D eigenvalue weighted by Gasteiger charge is -2.28. The summed E-state index contributed by atoms with van der Waals surface area (Å²) in [6, 6.07) is 3.67. The predicted octanol–water partition coefficient (Wildman–Crippen LogP) is 3.28. The Labute approximate surface area is 118 Å². The fourth-order valence-corrected chi connectivity index (χ4v) is 2.42. The number of aryl methyl sites for hydroxylation is 1. The summed E-state index contributed by atoms with van der Waals surface area (Å²) in [6.45, 7) is 3.44. The molecule has 1 fully saturated rings. The van der Waals surface area contributed by atoms with E-state index in [9.17, 15) is 9.59 Å². The van der Waals surface area contributed by atoms with E-state index < -0.39 is 0 Å². The summed E-state index contributed by atoms with van der Waals surface area (Å²) in [4.78, 5) is 23.4. The Hall–Kier alpha value is -2.22. The van der Waals surface area contributed by atoms with Gasteiger partial charge in [-0.1, -0.05) is 12.5 Å². The molecule has 0 spiro atoms. The van der Waals surface area contributed by atoms with E-state index in [0.29, 0.717) is 17.0 Å². The molecule has 0 atom stereocenters. The maximum Gasteiger partial charge on any atom is 0.338 e. The van der Waals surface area contributed by atoms with E-state index >= 15 is 0 Å². The largest absolute Gasteiger partial charge is 0.465 e. The van der Waals surface area contributed by atoms with Crippen molar-refractivity contribution in [2.45, 2.75) is 39.0 Å². The monoisotopic (exact) mass is 274 g/mol. The van der Waals surface area contributed by atoms with Gasteiger partial charge in [0.2, 0.25) is 0 Å². The molecular weight excluding hydrogens is 256 g/mol. The van der Waals surface area contributed by atoms with Crippen LogP contribution >= 0.6 is 0 Å². The molecule has 0 saturated heterocycles. The fraction of sp³-hybridized carbons (Fsp3) is 0.467. The minimum absolute atomic E-state index is 0.0158. The third-order valence-corrected chi connectivity index (χ3v) is 3.73. The van der Waals surface area contributed by atoms with Crippen LogP contribution in [0.15, 0.2) is 12.1 Å². The van der Waals surface area contributed by atoms with Gasteiger partial charge in [-0.2, -0.15) is 0 Å². The summed E-state index contributed by atoms with van der Waals surface area (Å²) in [7, 11) is 1.36. The summed E-state index contributed by atoms with van der Waals surface area (Å²) < 4.78 is 4.74. The number of methoxy groups -OCH3 is 1. The summed E-state index contributed by atoms with van der Waals surface area (Å²) in [6.07, 6.45) is 3.49. The van der Waals surface area contributed by atoms with E-state index in [1.165, 1.54) is 13.5 Å². The van der Waals surface area contributed by atoms with Crippen LogP contribution in [0, 0.1) is 17.7 Å². The third kappa shape index (κ3) is 3.02. The van der Waals surface area contributed by atoms with Crippen LogP contribution < -0.4 is 0 Å². The summed E-state index contributed by atoms with van der Waals surface area (Å²) in [5.74, 6) is 0.117. The zero-order chi connectivity index (χ0) is 15.3. The van der Waals surface area contributed by atoms with E-state index in [1.54, 1.807) is 13.0 Å². The van der Waals surface area contributed by atoms with Crippen LogP contribution in [-0.4, -0.2) is 18.9 Å². The van der Waals surface area contributed by atoms with E-state index in [4.69, 9.17) is 15.5 Å². The predicted molar refractivity (Wildman–Crippen MR) is 72.6 cm³/mol. The number of hydrogen-bond donors (Lipinski definition) is 0. The molecule has 106 valence electrons. The fourth-order valence-electron chi connectivity index (χ4n) is 2.42. The molecule has 1 saturated carbocycles. The van der Waals surface area contributed by atoms with Crippen molar-refractivity contribution in [3.8, 4) is 0 Å². The highest BCUT2D eigenvalue weighted by Crippen LogP contribution is 2.39. The second kappa shape index (κ2) is 6.80. The second-order valence-corrected chi connectivity index (χ2v) is 4.93. The summed E-state index contributed by atoms with van der Waals surface area (Å²) in [5.41, 5.74) is 3.14. The quantitative estimate of drug-likeness (QED) is 0.479. The van der Waals surface area contributed by atoms with Gasteiger partial charge < -0.3 is 4.74 Å². The van der Waals surface area contributed by atoms with Gasteiger partial charge in [0.05, 0.1) is 12.7 Å². The molecule has 0 N–H and O–H groups in total. The summed E-state index contributed by atoms with van der Waals surface area (Å²) in [5, 5.41) is 12.0. The molecule has 0 radical (unpaired) electrons. The first kappa shape index (κ1) is 15.8.